The Kier molecular flexibility index (Phi) is 14.8. The number of fused-ring (bicyclic) bond motifs is 4. The molecule has 398 valence electrons. The van der Waals surface area contributed by atoms with Gasteiger partial charge in [0.1, 0.15) is 29.1 Å². The van der Waals surface area contributed by atoms with Gasteiger partial charge in [-0.2, -0.15) is 0 Å². The molecule has 24 heteroatoms. The van der Waals surface area contributed by atoms with Gasteiger partial charge in [-0.25, -0.2) is 96.6 Å². The molecule has 5 aromatic carbocycles. The van der Waals surface area contributed by atoms with Crippen molar-refractivity contribution in [2.24, 2.45) is 0 Å². The Morgan fingerprint density at radius 3 is 0.960 bits per heavy atom. The zero-order chi connectivity index (χ0) is 55.2. The summed E-state index contributed by atoms with van der Waals surface area (Å²) in [5.74, 6) is -68.5. The minimum absolute atomic E-state index is 0.296. The lowest BCUT2D eigenvalue weighted by atomic mass is 9.02. The van der Waals surface area contributed by atoms with E-state index in [1.54, 1.807) is 0 Å². The van der Waals surface area contributed by atoms with E-state index >= 15 is 70.2 Å². The van der Waals surface area contributed by atoms with Crippen LogP contribution in [0.5, 0.6) is 0 Å². The summed E-state index contributed by atoms with van der Waals surface area (Å²) in [4.78, 5) is 1.06. The molecule has 0 radical (unpaired) electrons. The molecule has 5 aromatic rings. The van der Waals surface area contributed by atoms with Crippen LogP contribution in [-0.4, -0.2) is 19.2 Å². The van der Waals surface area contributed by atoms with Crippen LogP contribution in [0.4, 0.5) is 102 Å². The van der Waals surface area contributed by atoms with Gasteiger partial charge in [-0.1, -0.05) is 72.2 Å². The molecule has 0 aliphatic heterocycles. The Morgan fingerprint density at radius 2 is 0.667 bits per heavy atom. The highest BCUT2D eigenvalue weighted by molar-refractivity contribution is 6.88. The molecular weight excluding hydrogens is 1060 g/mol. The van der Waals surface area contributed by atoms with Crippen molar-refractivity contribution >= 4 is 35.1 Å². The lowest BCUT2D eigenvalue weighted by Crippen LogP contribution is -3.07. The molecule has 75 heavy (non-hydrogen) atoms. The number of unbranched alkanes of at least 4 members (excludes halogenated alkanes) is 3. The molecule has 0 heterocycles. The van der Waals surface area contributed by atoms with Gasteiger partial charge < -0.3 is 0 Å². The summed E-state index contributed by atoms with van der Waals surface area (Å²) < 4.78 is 339. The second-order valence-corrected chi connectivity index (χ2v) is 18.3. The molecular formula is C51H32BF22N. The van der Waals surface area contributed by atoms with E-state index in [2.05, 4.69) is 13.8 Å². The predicted octanol–water partition coefficient (Wildman–Crippen LogP) is 16.4. The average molecular weight is 1090 g/mol. The highest BCUT2D eigenvalue weighted by Gasteiger charge is 2.65. The van der Waals surface area contributed by atoms with E-state index in [9.17, 15) is 26.3 Å². The first-order valence-electron chi connectivity index (χ1n) is 22.7. The van der Waals surface area contributed by atoms with Crippen molar-refractivity contribution in [3.63, 3.8) is 0 Å². The number of hydrogen-bond acceptors (Lipinski definition) is 0. The number of halogens is 22. The number of hydrogen-bond donors (Lipinski definition) is 1. The van der Waals surface area contributed by atoms with Crippen LogP contribution in [0.2, 0.25) is 0 Å². The molecule has 0 fully saturated rings. The Morgan fingerprint density at radius 1 is 0.347 bits per heavy atom. The molecule has 0 bridgehead atoms. The Bertz CT molecular complexity index is 2990. The minimum Gasteiger partial charge on any atom is -0.300 e. The molecule has 5 unspecified atom stereocenters. The van der Waals surface area contributed by atoms with Crippen molar-refractivity contribution in [2.45, 2.75) is 69.2 Å². The lowest BCUT2D eigenvalue weighted by molar-refractivity contribution is -0.834. The van der Waals surface area contributed by atoms with Gasteiger partial charge in [0, 0.05) is 6.07 Å². The topological polar surface area (TPSA) is 4.44 Å². The summed E-state index contributed by atoms with van der Waals surface area (Å²) in [5.41, 5.74) is -15.0. The molecule has 0 spiro atoms. The molecule has 9 rings (SSSR count). The summed E-state index contributed by atoms with van der Waals surface area (Å²) in [7, 11) is 0. The second-order valence-electron chi connectivity index (χ2n) is 18.3. The van der Waals surface area contributed by atoms with E-state index in [-0.39, 0.29) is 35.9 Å². The summed E-state index contributed by atoms with van der Waals surface area (Å²) in [6, 6.07) is 2.24. The second kappa shape index (κ2) is 20.2. The Hall–Kier alpha value is -6.46. The van der Waals surface area contributed by atoms with E-state index in [1.165, 1.54) is 37.5 Å². The summed E-state index contributed by atoms with van der Waals surface area (Å²) in [6.07, 6.45) is -0.181. The standard InChI is InChI=1S/C36H8BF20.C15H23F2N/c38-9-1-5-13(25(46)21(9)42)29(50)33(54)17(5)37(18-6-2-10(39)22(43)26(47)14(6)30(51)34(18)55,19-7-3-11(40)23(44)27(48)15(7)31(52)35(19)56)20-8-4-12(41)24(45)28(49)16(8)32(53)36(20)57;1-3-5-6-7-11-18(10-4-2)15-12-13(16)8-9-14(15)17/h1-4,17-20H;8-9,12H,3-7,10-11H2,1-2H3/q-1;/p+1. The molecule has 5 atom stereocenters. The monoisotopic (exact) mass is 1090 g/mol. The van der Waals surface area contributed by atoms with Crippen molar-refractivity contribution in [3.8, 4) is 0 Å². The van der Waals surface area contributed by atoms with Crippen LogP contribution in [0.3, 0.4) is 0 Å². The molecule has 0 aromatic heterocycles. The number of nitrogens with one attached hydrogen (secondary N) is 1. The van der Waals surface area contributed by atoms with Crippen LogP contribution < -0.4 is 4.90 Å². The fraction of sp³-hybridized carbons (Fsp3) is 0.255. The van der Waals surface area contributed by atoms with Crippen molar-refractivity contribution in [2.75, 3.05) is 13.1 Å². The largest absolute Gasteiger partial charge is 0.300 e. The minimum atomic E-state index is -5.79. The average Bonchev–Trinajstić information content (AvgIpc) is 3.97. The van der Waals surface area contributed by atoms with Gasteiger partial charge in [-0.3, -0.25) is 4.90 Å². The summed E-state index contributed by atoms with van der Waals surface area (Å²) in [6.45, 7) is 5.98. The predicted molar refractivity (Wildman–Crippen MR) is 230 cm³/mol. The van der Waals surface area contributed by atoms with E-state index in [4.69, 9.17) is 0 Å². The molecule has 1 N–H and O–H groups in total. The summed E-state index contributed by atoms with van der Waals surface area (Å²) in [5, 5.41) is 0. The van der Waals surface area contributed by atoms with Gasteiger partial charge in [0.2, 0.25) is 0 Å². The van der Waals surface area contributed by atoms with E-state index in [1.807, 2.05) is 0 Å². The fourth-order valence-corrected chi connectivity index (χ4v) is 11.5. The van der Waals surface area contributed by atoms with Crippen LogP contribution in [0, 0.1) is 81.4 Å². The van der Waals surface area contributed by atoms with Gasteiger partial charge in [-0.05, 0) is 55.7 Å². The SMILES string of the molecule is CCCCCC[NH+](CCC)c1cc(F)ccc1F.FC1=C(F)C([B-](C2C(F)=C(F)c3c2cc(F)c(F)c3F)(C2C(F)=C(F)c3c2cc(F)c(F)c3F)C2C(F)=C(F)c3c2cc(F)c(F)c3F)c2cc(F)c(F)c(F)c21. The first kappa shape index (κ1) is 54.8. The zero-order valence-corrected chi connectivity index (χ0v) is 38.2. The van der Waals surface area contributed by atoms with E-state index in [0.29, 0.717) is 5.69 Å². The highest BCUT2D eigenvalue weighted by atomic mass is 19.2. The number of benzene rings is 5. The molecule has 0 amide bonds. The number of quaternary nitrogens is 1. The maximum absolute atomic E-state index is 16.9. The van der Waals surface area contributed by atoms with Crippen molar-refractivity contribution in [3.05, 3.63) is 192 Å². The zero-order valence-electron chi connectivity index (χ0n) is 38.2. The van der Waals surface area contributed by atoms with E-state index in [0.717, 1.165) is 30.8 Å². The third kappa shape index (κ3) is 8.25. The van der Waals surface area contributed by atoms with Crippen molar-refractivity contribution < 1.29 is 101 Å². The van der Waals surface area contributed by atoms with Crippen molar-refractivity contribution in [1.82, 2.24) is 0 Å². The van der Waals surface area contributed by atoms with Crippen LogP contribution >= 0.6 is 0 Å². The number of rotatable bonds is 12. The third-order valence-electron chi connectivity index (χ3n) is 14.4. The lowest BCUT2D eigenvalue weighted by Gasteiger charge is -2.57. The van der Waals surface area contributed by atoms with Gasteiger partial charge in [-0.15, -0.1) is 0 Å². The molecule has 1 nitrogen and oxygen atoms in total. The third-order valence-corrected chi connectivity index (χ3v) is 14.4. The Balaban J connectivity index is 0.000000353. The van der Waals surface area contributed by atoms with E-state index < -0.39 is 190 Å². The molecule has 0 saturated carbocycles. The van der Waals surface area contributed by atoms with Gasteiger partial charge in [0.05, 0.1) is 41.5 Å². The first-order valence-corrected chi connectivity index (χ1v) is 22.7. The molecule has 4 aliphatic rings. The highest BCUT2D eigenvalue weighted by Crippen LogP contribution is 2.71. The Labute approximate surface area is 410 Å². The van der Waals surface area contributed by atoms with Gasteiger partial charge in [0.15, 0.2) is 105 Å². The maximum atomic E-state index is 16.9. The van der Waals surface area contributed by atoms with Gasteiger partial charge >= 0.3 is 0 Å². The smallest absolute Gasteiger partial charge is 0.195 e. The number of allylic oxidation sites excluding steroid dienone is 4. The van der Waals surface area contributed by atoms with Gasteiger partial charge in [0.25, 0.3) is 0 Å². The fourth-order valence-electron chi connectivity index (χ4n) is 11.5. The van der Waals surface area contributed by atoms with Crippen LogP contribution in [0.15, 0.2) is 65.8 Å². The van der Waals surface area contributed by atoms with Crippen molar-refractivity contribution in [1.29, 1.82) is 0 Å². The maximum Gasteiger partial charge on any atom is 0.195 e. The first-order chi connectivity index (χ1) is 35.3. The quantitative estimate of drug-likeness (QED) is 0.0550. The van der Waals surface area contributed by atoms with Crippen LogP contribution in [0.1, 0.15) is 114 Å². The molecule has 0 saturated heterocycles. The summed E-state index contributed by atoms with van der Waals surface area (Å²) >= 11 is 0. The normalized spacial score (nSPS) is 19.9. The van der Waals surface area contributed by atoms with Crippen LogP contribution in [0.25, 0.3) is 23.3 Å². The molecule has 4 aliphatic carbocycles. The van der Waals surface area contributed by atoms with Crippen LogP contribution in [-0.2, 0) is 0 Å².